The van der Waals surface area contributed by atoms with Crippen molar-refractivity contribution in [3.05, 3.63) is 59.7 Å². The van der Waals surface area contributed by atoms with Gasteiger partial charge in [0.05, 0.1) is 0 Å². The van der Waals surface area contributed by atoms with E-state index in [-0.39, 0.29) is 29.6 Å². The van der Waals surface area contributed by atoms with Crippen molar-refractivity contribution in [2.45, 2.75) is 77.5 Å². The zero-order valence-electron chi connectivity index (χ0n) is 21.1. The molecule has 1 saturated heterocycles. The van der Waals surface area contributed by atoms with Crippen LogP contribution in [-0.4, -0.2) is 50.2 Å². The molecule has 3 atom stereocenters. The van der Waals surface area contributed by atoms with Gasteiger partial charge in [-0.15, -0.1) is 0 Å². The average molecular weight is 478 g/mol. The smallest absolute Gasteiger partial charge is 0.247 e. The Morgan fingerprint density at radius 3 is 2.26 bits per heavy atom. The summed E-state index contributed by atoms with van der Waals surface area (Å²) in [5.41, 5.74) is 2.37. The van der Waals surface area contributed by atoms with Crippen LogP contribution in [0.2, 0.25) is 0 Å². The van der Waals surface area contributed by atoms with E-state index in [4.69, 9.17) is 0 Å². The molecule has 0 saturated carbocycles. The highest BCUT2D eigenvalue weighted by Crippen LogP contribution is 2.35. The van der Waals surface area contributed by atoms with Crippen molar-refractivity contribution in [1.29, 1.82) is 0 Å². The van der Waals surface area contributed by atoms with Crippen molar-refractivity contribution < 1.29 is 14.4 Å². The number of hydrogen-bond acceptors (Lipinski definition) is 5. The molecule has 0 spiro atoms. The summed E-state index contributed by atoms with van der Waals surface area (Å²) < 4.78 is 0. The van der Waals surface area contributed by atoms with E-state index in [1.54, 1.807) is 12.4 Å². The van der Waals surface area contributed by atoms with Crippen LogP contribution in [0.4, 0.5) is 0 Å². The topological polar surface area (TPSA) is 104 Å². The summed E-state index contributed by atoms with van der Waals surface area (Å²) in [4.78, 5) is 51.0. The first-order valence-corrected chi connectivity index (χ1v) is 12.3. The molecule has 0 bridgehead atoms. The SMILES string of the molecule is CC(C)C[C@@H]1C(=O)NC(C2Cc3ccccc3C2)C(=O)N1[C@@H](C(=O)NC(C)(C)C)c1cncnc1. The second-order valence-corrected chi connectivity index (χ2v) is 11.1. The third kappa shape index (κ3) is 5.36. The van der Waals surface area contributed by atoms with Gasteiger partial charge >= 0.3 is 0 Å². The fraction of sp³-hybridized carbons (Fsp3) is 0.519. The summed E-state index contributed by atoms with van der Waals surface area (Å²) in [5.74, 6) is -0.718. The Morgan fingerprint density at radius 2 is 1.71 bits per heavy atom. The van der Waals surface area contributed by atoms with Crippen LogP contribution >= 0.6 is 0 Å². The number of piperazine rings is 1. The Labute approximate surface area is 206 Å². The molecule has 2 aliphatic rings. The van der Waals surface area contributed by atoms with Crippen molar-refractivity contribution in [2.24, 2.45) is 11.8 Å². The third-order valence-electron chi connectivity index (χ3n) is 6.63. The number of amides is 3. The number of nitrogens with zero attached hydrogens (tertiary/aromatic N) is 3. The van der Waals surface area contributed by atoms with Gasteiger partial charge in [-0.05, 0) is 63.0 Å². The van der Waals surface area contributed by atoms with E-state index in [9.17, 15) is 14.4 Å². The van der Waals surface area contributed by atoms with Crippen LogP contribution in [0.15, 0.2) is 43.0 Å². The summed E-state index contributed by atoms with van der Waals surface area (Å²) >= 11 is 0. The molecule has 8 heteroatoms. The molecule has 1 unspecified atom stereocenters. The van der Waals surface area contributed by atoms with Gasteiger partial charge in [-0.25, -0.2) is 9.97 Å². The highest BCUT2D eigenvalue weighted by atomic mass is 16.2. The van der Waals surface area contributed by atoms with Gasteiger partial charge in [0.25, 0.3) is 0 Å². The monoisotopic (exact) mass is 477 g/mol. The van der Waals surface area contributed by atoms with Gasteiger partial charge in [-0.3, -0.25) is 14.4 Å². The van der Waals surface area contributed by atoms with E-state index in [0.29, 0.717) is 24.8 Å². The van der Waals surface area contributed by atoms with Crippen LogP contribution in [0, 0.1) is 11.8 Å². The van der Waals surface area contributed by atoms with E-state index in [1.165, 1.54) is 22.4 Å². The van der Waals surface area contributed by atoms with Gasteiger partial charge in [0, 0.05) is 23.5 Å². The summed E-state index contributed by atoms with van der Waals surface area (Å²) in [6.45, 7) is 9.67. The van der Waals surface area contributed by atoms with E-state index in [2.05, 4.69) is 32.7 Å². The van der Waals surface area contributed by atoms with Gasteiger partial charge in [0.15, 0.2) is 0 Å². The quantitative estimate of drug-likeness (QED) is 0.666. The highest BCUT2D eigenvalue weighted by Gasteiger charge is 2.49. The van der Waals surface area contributed by atoms with E-state index >= 15 is 0 Å². The Morgan fingerprint density at radius 1 is 1.11 bits per heavy atom. The zero-order chi connectivity index (χ0) is 25.3. The van der Waals surface area contributed by atoms with Crippen molar-refractivity contribution in [3.63, 3.8) is 0 Å². The van der Waals surface area contributed by atoms with Gasteiger partial charge in [-0.2, -0.15) is 0 Å². The summed E-state index contributed by atoms with van der Waals surface area (Å²) in [5, 5.41) is 6.03. The molecular weight excluding hydrogens is 442 g/mol. The second kappa shape index (κ2) is 9.76. The Balaban J connectivity index is 1.74. The standard InChI is InChI=1S/C27H35N5O3/c1-16(2)10-21-24(33)30-22(19-11-17-8-6-7-9-18(17)12-19)26(35)32(21)23(20-13-28-15-29-14-20)25(34)31-27(3,4)5/h6-9,13-16,19,21-23H,10-12H2,1-5H3,(H,30,33)(H,31,34)/t21-,22?,23-/m1/s1. The van der Waals surface area contributed by atoms with Gasteiger partial charge in [0.1, 0.15) is 24.5 Å². The largest absolute Gasteiger partial charge is 0.349 e. The Bertz CT molecular complexity index is 1070. The lowest BCUT2D eigenvalue weighted by atomic mass is 9.88. The highest BCUT2D eigenvalue weighted by molar-refractivity contribution is 6.00. The van der Waals surface area contributed by atoms with Crippen molar-refractivity contribution in [2.75, 3.05) is 0 Å². The molecule has 8 nitrogen and oxygen atoms in total. The molecule has 1 aliphatic carbocycles. The maximum atomic E-state index is 14.2. The fourth-order valence-electron chi connectivity index (χ4n) is 5.20. The molecule has 1 fully saturated rings. The number of rotatable bonds is 6. The number of carbonyl (C=O) groups is 3. The maximum absolute atomic E-state index is 14.2. The molecule has 4 rings (SSSR count). The van der Waals surface area contributed by atoms with E-state index < -0.39 is 23.7 Å². The molecule has 3 amide bonds. The number of carbonyl (C=O) groups excluding carboxylic acids is 3. The second-order valence-electron chi connectivity index (χ2n) is 11.1. The van der Waals surface area contributed by atoms with Crippen molar-refractivity contribution in [1.82, 2.24) is 25.5 Å². The fourth-order valence-corrected chi connectivity index (χ4v) is 5.20. The lowest BCUT2D eigenvalue weighted by molar-refractivity contribution is -0.158. The minimum Gasteiger partial charge on any atom is -0.349 e. The van der Waals surface area contributed by atoms with Crippen LogP contribution in [0.25, 0.3) is 0 Å². The first-order chi connectivity index (χ1) is 16.5. The summed E-state index contributed by atoms with van der Waals surface area (Å²) in [6.07, 6.45) is 6.35. The lowest BCUT2D eigenvalue weighted by Crippen LogP contribution is -2.67. The molecule has 186 valence electrons. The van der Waals surface area contributed by atoms with Crippen LogP contribution < -0.4 is 10.6 Å². The minimum absolute atomic E-state index is 0.0651. The van der Waals surface area contributed by atoms with Gasteiger partial charge in [-0.1, -0.05) is 38.1 Å². The number of hydrogen-bond donors (Lipinski definition) is 2. The number of aromatic nitrogens is 2. The molecule has 35 heavy (non-hydrogen) atoms. The Kier molecular flexibility index (Phi) is 6.92. The molecule has 1 aromatic carbocycles. The van der Waals surface area contributed by atoms with Crippen molar-refractivity contribution in [3.8, 4) is 0 Å². The first-order valence-electron chi connectivity index (χ1n) is 12.3. The van der Waals surface area contributed by atoms with E-state index in [0.717, 1.165) is 0 Å². The molecule has 2 aromatic rings. The Hall–Kier alpha value is -3.29. The molecule has 1 aliphatic heterocycles. The van der Waals surface area contributed by atoms with Crippen LogP contribution in [0.5, 0.6) is 0 Å². The summed E-state index contributed by atoms with van der Waals surface area (Å²) in [7, 11) is 0. The number of nitrogens with one attached hydrogen (secondary N) is 2. The predicted octanol–water partition coefficient (Wildman–Crippen LogP) is 2.59. The minimum atomic E-state index is -1.01. The lowest BCUT2D eigenvalue weighted by Gasteiger charge is -2.45. The molecule has 2 heterocycles. The summed E-state index contributed by atoms with van der Waals surface area (Å²) in [6, 6.07) is 5.66. The molecule has 1 aromatic heterocycles. The third-order valence-corrected chi connectivity index (χ3v) is 6.63. The molecule has 2 N–H and O–H groups in total. The zero-order valence-corrected chi connectivity index (χ0v) is 21.1. The van der Waals surface area contributed by atoms with Crippen molar-refractivity contribution >= 4 is 17.7 Å². The van der Waals surface area contributed by atoms with Gasteiger partial charge < -0.3 is 15.5 Å². The van der Waals surface area contributed by atoms with Gasteiger partial charge in [0.2, 0.25) is 17.7 Å². The van der Waals surface area contributed by atoms with Crippen LogP contribution in [0.3, 0.4) is 0 Å². The first kappa shape index (κ1) is 24.8. The molecular formula is C27H35N5O3. The maximum Gasteiger partial charge on any atom is 0.247 e. The van der Waals surface area contributed by atoms with Crippen LogP contribution in [-0.2, 0) is 27.2 Å². The molecule has 0 radical (unpaired) electrons. The van der Waals surface area contributed by atoms with E-state index in [1.807, 2.05) is 46.8 Å². The van der Waals surface area contributed by atoms with Crippen LogP contribution in [0.1, 0.15) is 63.8 Å². The number of benzene rings is 1. The number of fused-ring (bicyclic) bond motifs is 1. The normalized spacial score (nSPS) is 21.6. The average Bonchev–Trinajstić information content (AvgIpc) is 3.21. The predicted molar refractivity (Wildman–Crippen MR) is 132 cm³/mol.